The summed E-state index contributed by atoms with van der Waals surface area (Å²) >= 11 is 8.46. The third-order valence-electron chi connectivity index (χ3n) is 2.82. The lowest BCUT2D eigenvalue weighted by molar-refractivity contribution is 0.630. The van der Waals surface area contributed by atoms with Gasteiger partial charge in [0.25, 0.3) is 0 Å². The Morgan fingerprint density at radius 1 is 1.11 bits per heavy atom. The molecule has 2 rings (SSSR count). The summed E-state index contributed by atoms with van der Waals surface area (Å²) in [5.74, 6) is 0. The molecule has 1 nitrogen and oxygen atoms in total. The molecule has 0 saturated carbocycles. The first-order valence-corrected chi connectivity index (χ1v) is 7.41. The number of hydrogen-bond acceptors (Lipinski definition) is 1. The summed E-state index contributed by atoms with van der Waals surface area (Å²) in [6.45, 7) is 3.04. The van der Waals surface area contributed by atoms with Crippen LogP contribution in [0.3, 0.4) is 0 Å². The predicted molar refractivity (Wildman–Crippen MR) is 86.1 cm³/mol. The minimum atomic E-state index is 0.200. The zero-order valence-electron chi connectivity index (χ0n) is 10.2. The Kier molecular flexibility index (Phi) is 5.03. The van der Waals surface area contributed by atoms with Gasteiger partial charge in [0, 0.05) is 3.57 Å². The van der Waals surface area contributed by atoms with Gasteiger partial charge in [-0.3, -0.25) is 0 Å². The Bertz CT molecular complexity index is 513. The molecule has 3 heteroatoms. The lowest BCUT2D eigenvalue weighted by atomic mass is 9.99. The maximum atomic E-state index is 6.21. The van der Waals surface area contributed by atoms with Gasteiger partial charge in [0.15, 0.2) is 0 Å². The van der Waals surface area contributed by atoms with E-state index >= 15 is 0 Å². The van der Waals surface area contributed by atoms with Crippen LogP contribution in [0.2, 0.25) is 5.02 Å². The van der Waals surface area contributed by atoms with Crippen molar-refractivity contribution in [1.29, 1.82) is 0 Å². The van der Waals surface area contributed by atoms with Crippen LogP contribution in [0.5, 0.6) is 0 Å². The van der Waals surface area contributed by atoms with Gasteiger partial charge in [-0.15, -0.1) is 0 Å². The molecule has 1 atom stereocenters. The van der Waals surface area contributed by atoms with Gasteiger partial charge in [-0.25, -0.2) is 0 Å². The van der Waals surface area contributed by atoms with Crippen LogP contribution in [-0.4, -0.2) is 6.54 Å². The first-order valence-electron chi connectivity index (χ1n) is 5.95. The second-order valence-electron chi connectivity index (χ2n) is 4.07. The average Bonchev–Trinajstić information content (AvgIpc) is 2.40. The van der Waals surface area contributed by atoms with E-state index in [9.17, 15) is 0 Å². The minimum absolute atomic E-state index is 0.200. The van der Waals surface area contributed by atoms with Gasteiger partial charge in [0.1, 0.15) is 0 Å². The third kappa shape index (κ3) is 3.25. The zero-order valence-corrected chi connectivity index (χ0v) is 13.1. The van der Waals surface area contributed by atoms with Crippen LogP contribution < -0.4 is 5.32 Å². The molecule has 2 aromatic rings. The standard InChI is InChI=1S/C15H15ClIN/c1-2-18-15(11-6-4-3-5-7-11)12-8-9-14(17)13(16)10-12/h3-10,15,18H,2H2,1H3. The van der Waals surface area contributed by atoms with E-state index < -0.39 is 0 Å². The van der Waals surface area contributed by atoms with Crippen molar-refractivity contribution in [2.75, 3.05) is 6.54 Å². The topological polar surface area (TPSA) is 12.0 Å². The highest BCUT2D eigenvalue weighted by molar-refractivity contribution is 14.1. The van der Waals surface area contributed by atoms with Crippen LogP contribution in [0.25, 0.3) is 0 Å². The number of halogens is 2. The third-order valence-corrected chi connectivity index (χ3v) is 4.39. The highest BCUT2D eigenvalue weighted by Crippen LogP contribution is 2.27. The van der Waals surface area contributed by atoms with Gasteiger partial charge >= 0.3 is 0 Å². The van der Waals surface area contributed by atoms with E-state index in [2.05, 4.69) is 71.2 Å². The fourth-order valence-electron chi connectivity index (χ4n) is 1.97. The fraction of sp³-hybridized carbons (Fsp3) is 0.200. The molecule has 18 heavy (non-hydrogen) atoms. The van der Waals surface area contributed by atoms with Crippen molar-refractivity contribution in [3.05, 3.63) is 68.3 Å². The molecular weight excluding hydrogens is 357 g/mol. The van der Waals surface area contributed by atoms with Crippen molar-refractivity contribution >= 4 is 34.2 Å². The Morgan fingerprint density at radius 3 is 2.44 bits per heavy atom. The van der Waals surface area contributed by atoms with Crippen molar-refractivity contribution in [3.8, 4) is 0 Å². The number of rotatable bonds is 4. The summed E-state index contributed by atoms with van der Waals surface area (Å²) in [6, 6.07) is 16.9. The first kappa shape index (κ1) is 13.8. The Balaban J connectivity index is 2.38. The van der Waals surface area contributed by atoms with Crippen molar-refractivity contribution in [1.82, 2.24) is 5.32 Å². The van der Waals surface area contributed by atoms with Crippen molar-refractivity contribution in [2.45, 2.75) is 13.0 Å². The lowest BCUT2D eigenvalue weighted by Gasteiger charge is -2.19. The lowest BCUT2D eigenvalue weighted by Crippen LogP contribution is -2.21. The van der Waals surface area contributed by atoms with Gasteiger partial charge < -0.3 is 5.32 Å². The molecular formula is C15H15ClIN. The molecule has 94 valence electrons. The summed E-state index contributed by atoms with van der Waals surface area (Å²) in [4.78, 5) is 0. The fourth-order valence-corrected chi connectivity index (χ4v) is 2.49. The van der Waals surface area contributed by atoms with E-state index in [0.717, 1.165) is 15.1 Å². The van der Waals surface area contributed by atoms with Crippen LogP contribution >= 0.6 is 34.2 Å². The van der Waals surface area contributed by atoms with E-state index in [1.54, 1.807) is 0 Å². The Hall–Kier alpha value is -0.580. The maximum absolute atomic E-state index is 6.21. The van der Waals surface area contributed by atoms with Crippen molar-refractivity contribution in [2.24, 2.45) is 0 Å². The molecule has 0 heterocycles. The van der Waals surface area contributed by atoms with E-state index in [1.807, 2.05) is 12.1 Å². The molecule has 0 aliphatic carbocycles. The molecule has 0 radical (unpaired) electrons. The molecule has 0 spiro atoms. The largest absolute Gasteiger partial charge is 0.307 e. The molecule has 0 amide bonds. The smallest absolute Gasteiger partial charge is 0.0577 e. The second-order valence-corrected chi connectivity index (χ2v) is 5.64. The minimum Gasteiger partial charge on any atom is -0.307 e. The van der Waals surface area contributed by atoms with Crippen LogP contribution in [0.15, 0.2) is 48.5 Å². The van der Waals surface area contributed by atoms with E-state index in [0.29, 0.717) is 0 Å². The van der Waals surface area contributed by atoms with Gasteiger partial charge in [-0.2, -0.15) is 0 Å². The van der Waals surface area contributed by atoms with Gasteiger partial charge in [0.2, 0.25) is 0 Å². The Morgan fingerprint density at radius 2 is 1.83 bits per heavy atom. The molecule has 0 fully saturated rings. The SMILES string of the molecule is CCNC(c1ccccc1)c1ccc(I)c(Cl)c1. The molecule has 1 unspecified atom stereocenters. The van der Waals surface area contributed by atoms with E-state index in [1.165, 1.54) is 11.1 Å². The molecule has 0 aliphatic rings. The normalized spacial score (nSPS) is 12.4. The van der Waals surface area contributed by atoms with Crippen LogP contribution in [0.4, 0.5) is 0 Å². The summed E-state index contributed by atoms with van der Waals surface area (Å²) < 4.78 is 1.08. The first-order chi connectivity index (χ1) is 8.72. The highest BCUT2D eigenvalue weighted by Gasteiger charge is 2.13. The molecule has 2 aromatic carbocycles. The van der Waals surface area contributed by atoms with Crippen LogP contribution in [-0.2, 0) is 0 Å². The van der Waals surface area contributed by atoms with Gasteiger partial charge in [0.05, 0.1) is 11.1 Å². The van der Waals surface area contributed by atoms with Crippen molar-refractivity contribution < 1.29 is 0 Å². The number of hydrogen-bond donors (Lipinski definition) is 1. The Labute approximate surface area is 127 Å². The molecule has 1 N–H and O–H groups in total. The highest BCUT2D eigenvalue weighted by atomic mass is 127. The van der Waals surface area contributed by atoms with Crippen LogP contribution in [0.1, 0.15) is 24.1 Å². The monoisotopic (exact) mass is 371 g/mol. The van der Waals surface area contributed by atoms with Crippen molar-refractivity contribution in [3.63, 3.8) is 0 Å². The molecule has 0 bridgehead atoms. The quantitative estimate of drug-likeness (QED) is 0.772. The van der Waals surface area contributed by atoms with Crippen LogP contribution in [0, 0.1) is 3.57 Å². The zero-order chi connectivity index (χ0) is 13.0. The van der Waals surface area contributed by atoms with E-state index in [4.69, 9.17) is 11.6 Å². The van der Waals surface area contributed by atoms with E-state index in [-0.39, 0.29) is 6.04 Å². The van der Waals surface area contributed by atoms with Gasteiger partial charge in [-0.1, -0.05) is 54.9 Å². The predicted octanol–water partition coefficient (Wildman–Crippen LogP) is 4.64. The summed E-state index contributed by atoms with van der Waals surface area (Å²) in [6.07, 6.45) is 0. The molecule has 0 saturated heterocycles. The molecule has 0 aliphatic heterocycles. The summed E-state index contributed by atoms with van der Waals surface area (Å²) in [5, 5.41) is 4.31. The summed E-state index contributed by atoms with van der Waals surface area (Å²) in [7, 11) is 0. The maximum Gasteiger partial charge on any atom is 0.0577 e. The number of benzene rings is 2. The van der Waals surface area contributed by atoms with Gasteiger partial charge in [-0.05, 0) is 52.4 Å². The second kappa shape index (κ2) is 6.55. The molecule has 0 aromatic heterocycles. The number of nitrogens with one attached hydrogen (secondary N) is 1. The summed E-state index contributed by atoms with van der Waals surface area (Å²) in [5.41, 5.74) is 2.46. The average molecular weight is 372 g/mol.